The smallest absolute Gasteiger partial charge is 0.0351 e. The highest BCUT2D eigenvalue weighted by Gasteiger charge is 2.41. The summed E-state index contributed by atoms with van der Waals surface area (Å²) in [5.74, 6) is 0.400. The van der Waals surface area contributed by atoms with Gasteiger partial charge in [0.15, 0.2) is 0 Å². The molecule has 0 fully saturated rings. The summed E-state index contributed by atoms with van der Waals surface area (Å²) in [6, 6.07) is 18.8. The van der Waals surface area contributed by atoms with Crippen molar-refractivity contribution in [1.82, 2.24) is 0 Å². The lowest BCUT2D eigenvalue weighted by Gasteiger charge is -2.42. The lowest BCUT2D eigenvalue weighted by molar-refractivity contribution is 0.756. The number of hydrogen-bond acceptors (Lipinski definition) is 3. The van der Waals surface area contributed by atoms with Crippen LogP contribution in [0.1, 0.15) is 45.2 Å². The van der Waals surface area contributed by atoms with E-state index in [9.17, 15) is 0 Å². The Balaban J connectivity index is 1.90. The van der Waals surface area contributed by atoms with Crippen molar-refractivity contribution in [3.05, 3.63) is 88.0 Å². The van der Waals surface area contributed by atoms with Crippen molar-refractivity contribution >= 4 is 17.1 Å². The molecule has 6 N–H and O–H groups in total. The maximum absolute atomic E-state index is 6.06. The summed E-state index contributed by atoms with van der Waals surface area (Å²) in [6.07, 6.45) is 0. The molecule has 3 nitrogen and oxygen atoms in total. The van der Waals surface area contributed by atoms with Gasteiger partial charge in [-0.3, -0.25) is 0 Å². The van der Waals surface area contributed by atoms with Crippen LogP contribution in [0.4, 0.5) is 17.1 Å². The zero-order valence-corrected chi connectivity index (χ0v) is 12.6. The number of anilines is 3. The van der Waals surface area contributed by atoms with Gasteiger partial charge in [0, 0.05) is 28.9 Å². The second-order valence-electron chi connectivity index (χ2n) is 6.53. The van der Waals surface area contributed by atoms with E-state index in [1.807, 2.05) is 18.2 Å². The van der Waals surface area contributed by atoms with E-state index in [0.717, 1.165) is 17.1 Å². The molecule has 3 aromatic carbocycles. The normalized spacial score (nSPS) is 19.8. The Kier molecular flexibility index (Phi) is 2.23. The third-order valence-corrected chi connectivity index (χ3v) is 5.20. The van der Waals surface area contributed by atoms with E-state index >= 15 is 0 Å². The zero-order chi connectivity index (χ0) is 15.7. The molecule has 0 radical (unpaired) electrons. The predicted molar refractivity (Wildman–Crippen MR) is 94.5 cm³/mol. The lowest BCUT2D eigenvalue weighted by atomic mass is 9.61. The van der Waals surface area contributed by atoms with E-state index in [1.54, 1.807) is 0 Å². The van der Waals surface area contributed by atoms with Gasteiger partial charge in [0.2, 0.25) is 0 Å². The van der Waals surface area contributed by atoms with Gasteiger partial charge < -0.3 is 17.2 Å². The molecular weight excluding hydrogens is 282 g/mol. The van der Waals surface area contributed by atoms with E-state index in [0.29, 0.717) is 0 Å². The average molecular weight is 299 g/mol. The van der Waals surface area contributed by atoms with Crippen molar-refractivity contribution in [3.63, 3.8) is 0 Å². The molecule has 0 spiro atoms. The number of hydrogen-bond donors (Lipinski definition) is 3. The van der Waals surface area contributed by atoms with E-state index in [1.165, 1.54) is 33.4 Å². The van der Waals surface area contributed by atoms with Crippen LogP contribution in [0.2, 0.25) is 0 Å². The highest BCUT2D eigenvalue weighted by Crippen LogP contribution is 2.56. The minimum atomic E-state index is 0.162. The van der Waals surface area contributed by atoms with Gasteiger partial charge in [-0.2, -0.15) is 0 Å². The van der Waals surface area contributed by atoms with E-state index < -0.39 is 0 Å². The molecule has 3 aliphatic rings. The van der Waals surface area contributed by atoms with Crippen molar-refractivity contribution in [2.75, 3.05) is 17.2 Å². The summed E-state index contributed by atoms with van der Waals surface area (Å²) in [6.45, 7) is 0. The highest BCUT2D eigenvalue weighted by atomic mass is 14.6. The van der Waals surface area contributed by atoms with Gasteiger partial charge in [-0.15, -0.1) is 0 Å². The third-order valence-electron chi connectivity index (χ3n) is 5.20. The van der Waals surface area contributed by atoms with Crippen LogP contribution in [0.15, 0.2) is 54.6 Å². The van der Waals surface area contributed by atoms with Crippen molar-refractivity contribution < 1.29 is 0 Å². The first-order chi connectivity index (χ1) is 11.1. The van der Waals surface area contributed by atoms with E-state index in [-0.39, 0.29) is 11.8 Å². The summed E-state index contributed by atoms with van der Waals surface area (Å²) in [7, 11) is 0. The Bertz CT molecular complexity index is 847. The second-order valence-corrected chi connectivity index (χ2v) is 6.53. The van der Waals surface area contributed by atoms with Gasteiger partial charge in [0.1, 0.15) is 0 Å². The molecule has 6 rings (SSSR count). The van der Waals surface area contributed by atoms with E-state index in [4.69, 9.17) is 17.2 Å². The van der Waals surface area contributed by atoms with Crippen LogP contribution in [0.5, 0.6) is 0 Å². The molecule has 3 aliphatic carbocycles. The van der Waals surface area contributed by atoms with Crippen molar-refractivity contribution in [2.24, 2.45) is 0 Å². The lowest BCUT2D eigenvalue weighted by Crippen LogP contribution is -2.27. The molecule has 23 heavy (non-hydrogen) atoms. The summed E-state index contributed by atoms with van der Waals surface area (Å²) in [4.78, 5) is 0. The van der Waals surface area contributed by atoms with Gasteiger partial charge in [0.25, 0.3) is 0 Å². The van der Waals surface area contributed by atoms with Crippen LogP contribution >= 0.6 is 0 Å². The van der Waals surface area contributed by atoms with Crippen LogP contribution in [0, 0.1) is 0 Å². The fraction of sp³-hybridized carbons (Fsp3) is 0.100. The van der Waals surface area contributed by atoms with Crippen molar-refractivity contribution in [3.8, 4) is 0 Å². The van der Waals surface area contributed by atoms with Gasteiger partial charge in [-0.05, 0) is 69.8 Å². The molecule has 3 aromatic rings. The highest BCUT2D eigenvalue weighted by molar-refractivity contribution is 5.72. The third kappa shape index (κ3) is 1.54. The van der Waals surface area contributed by atoms with Crippen LogP contribution < -0.4 is 17.2 Å². The summed E-state index contributed by atoms with van der Waals surface area (Å²) in [5, 5.41) is 0. The predicted octanol–water partition coefficient (Wildman–Crippen LogP) is 3.42. The van der Waals surface area contributed by atoms with Crippen LogP contribution in [0.3, 0.4) is 0 Å². The molecular formula is C20H17N3. The molecule has 0 aromatic heterocycles. The van der Waals surface area contributed by atoms with Crippen LogP contribution in [-0.2, 0) is 0 Å². The maximum Gasteiger partial charge on any atom is 0.0351 e. The molecule has 2 bridgehead atoms. The SMILES string of the molecule is Nc1ccc2c(c1)C1c3cc(N)ccc3C2c2ccc(N)cc21. The van der Waals surface area contributed by atoms with Crippen molar-refractivity contribution in [2.45, 2.75) is 11.8 Å². The summed E-state index contributed by atoms with van der Waals surface area (Å²) >= 11 is 0. The first kappa shape index (κ1) is 12.6. The first-order valence-electron chi connectivity index (χ1n) is 7.81. The minimum Gasteiger partial charge on any atom is -0.399 e. The van der Waals surface area contributed by atoms with Crippen LogP contribution in [-0.4, -0.2) is 0 Å². The second kappa shape index (κ2) is 4.07. The van der Waals surface area contributed by atoms with Gasteiger partial charge in [-0.1, -0.05) is 18.2 Å². The molecule has 0 atom stereocenters. The molecule has 0 heterocycles. The molecule has 112 valence electrons. The fourth-order valence-corrected chi connectivity index (χ4v) is 4.32. The van der Waals surface area contributed by atoms with Crippen LogP contribution in [0.25, 0.3) is 0 Å². The number of nitrogen functional groups attached to an aromatic ring is 3. The molecule has 0 aliphatic heterocycles. The number of rotatable bonds is 0. The quantitative estimate of drug-likeness (QED) is 0.383. The van der Waals surface area contributed by atoms with E-state index in [2.05, 4.69) is 36.4 Å². The minimum absolute atomic E-state index is 0.162. The number of benzene rings is 3. The zero-order valence-electron chi connectivity index (χ0n) is 12.6. The Morgan fingerprint density at radius 2 is 0.739 bits per heavy atom. The summed E-state index contributed by atoms with van der Waals surface area (Å²) < 4.78 is 0. The monoisotopic (exact) mass is 299 g/mol. The molecule has 0 saturated carbocycles. The molecule has 3 heteroatoms. The Labute approximate surface area is 134 Å². The Morgan fingerprint density at radius 1 is 0.435 bits per heavy atom. The molecule has 0 saturated heterocycles. The average Bonchev–Trinajstić information content (AvgIpc) is 2.53. The summed E-state index contributed by atoms with van der Waals surface area (Å²) in [5.41, 5.74) is 28.5. The maximum atomic E-state index is 6.06. The Morgan fingerprint density at radius 3 is 1.09 bits per heavy atom. The molecule has 0 amide bonds. The van der Waals surface area contributed by atoms with Gasteiger partial charge >= 0.3 is 0 Å². The topological polar surface area (TPSA) is 78.1 Å². The fourth-order valence-electron chi connectivity index (χ4n) is 4.32. The first-order valence-corrected chi connectivity index (χ1v) is 7.81. The number of nitrogens with two attached hydrogens (primary N) is 3. The standard InChI is InChI=1S/C20H17N3/c21-10-1-4-13-16(7-10)20-17-8-11(22)2-5-14(17)19(13)15-6-3-12(23)9-18(15)20/h1-9,19-20H,21-23H2. The Hall–Kier alpha value is -2.94. The largest absolute Gasteiger partial charge is 0.399 e. The van der Waals surface area contributed by atoms with Crippen molar-refractivity contribution in [1.29, 1.82) is 0 Å². The van der Waals surface area contributed by atoms with Gasteiger partial charge in [-0.25, -0.2) is 0 Å². The van der Waals surface area contributed by atoms with Gasteiger partial charge in [0.05, 0.1) is 0 Å². The molecule has 0 unspecified atom stereocenters.